The van der Waals surface area contributed by atoms with Crippen molar-refractivity contribution in [2.24, 2.45) is 0 Å². The van der Waals surface area contributed by atoms with Gasteiger partial charge in [-0.05, 0) is 49.9 Å². The topological polar surface area (TPSA) is 12.0 Å². The molecule has 0 unspecified atom stereocenters. The van der Waals surface area contributed by atoms with E-state index in [1.54, 1.807) is 12.1 Å². The predicted molar refractivity (Wildman–Crippen MR) is 86.3 cm³/mol. The van der Waals surface area contributed by atoms with Crippen molar-refractivity contribution in [1.29, 1.82) is 0 Å². The maximum atomic E-state index is 14.2. The quantitative estimate of drug-likeness (QED) is 0.847. The van der Waals surface area contributed by atoms with Gasteiger partial charge in [0.05, 0.1) is 4.90 Å². The molecule has 1 saturated carbocycles. The van der Waals surface area contributed by atoms with Crippen LogP contribution in [-0.4, -0.2) is 6.04 Å². The van der Waals surface area contributed by atoms with E-state index in [2.05, 4.69) is 37.4 Å². The summed E-state index contributed by atoms with van der Waals surface area (Å²) in [4.78, 5) is 1.87. The summed E-state index contributed by atoms with van der Waals surface area (Å²) in [6.45, 7) is 4.91. The summed E-state index contributed by atoms with van der Waals surface area (Å²) >= 11 is 1.53. The number of hydrogen-bond donors (Lipinski definition) is 1. The van der Waals surface area contributed by atoms with Gasteiger partial charge in [0, 0.05) is 17.5 Å². The lowest BCUT2D eigenvalue weighted by molar-refractivity contribution is 0.589. The van der Waals surface area contributed by atoms with E-state index in [0.717, 1.165) is 21.9 Å². The Morgan fingerprint density at radius 3 is 2.71 bits per heavy atom. The predicted octanol–water partition coefficient (Wildman–Crippen LogP) is 4.85. The van der Waals surface area contributed by atoms with E-state index in [0.29, 0.717) is 6.04 Å². The first-order valence-corrected chi connectivity index (χ1v) is 8.21. The first kappa shape index (κ1) is 14.6. The normalized spacial score (nSPS) is 14.4. The molecule has 0 atom stereocenters. The van der Waals surface area contributed by atoms with Gasteiger partial charge in [0.1, 0.15) is 5.82 Å². The Kier molecular flexibility index (Phi) is 4.32. The zero-order valence-corrected chi connectivity index (χ0v) is 13.3. The van der Waals surface area contributed by atoms with Crippen LogP contribution in [0.5, 0.6) is 0 Å². The Hall–Kier alpha value is -1.32. The third kappa shape index (κ3) is 3.66. The van der Waals surface area contributed by atoms with Crippen LogP contribution in [0.1, 0.15) is 29.5 Å². The van der Waals surface area contributed by atoms with E-state index in [1.807, 2.05) is 6.07 Å². The molecule has 0 heterocycles. The summed E-state index contributed by atoms with van der Waals surface area (Å²) in [5, 5.41) is 3.47. The minimum atomic E-state index is -0.130. The second kappa shape index (κ2) is 6.20. The molecule has 3 heteroatoms. The monoisotopic (exact) mass is 301 g/mol. The van der Waals surface area contributed by atoms with Crippen molar-refractivity contribution in [3.63, 3.8) is 0 Å². The van der Waals surface area contributed by atoms with Gasteiger partial charge in [0.2, 0.25) is 0 Å². The minimum absolute atomic E-state index is 0.130. The Morgan fingerprint density at radius 2 is 2.00 bits per heavy atom. The molecule has 0 amide bonds. The highest BCUT2D eigenvalue weighted by Crippen LogP contribution is 2.35. The molecule has 1 N–H and O–H groups in total. The molecule has 21 heavy (non-hydrogen) atoms. The number of halogens is 1. The summed E-state index contributed by atoms with van der Waals surface area (Å²) in [7, 11) is 0. The molecule has 3 rings (SSSR count). The highest BCUT2D eigenvalue weighted by Gasteiger charge is 2.21. The fraction of sp³-hybridized carbons (Fsp3) is 0.333. The molecule has 0 aromatic heterocycles. The van der Waals surface area contributed by atoms with E-state index >= 15 is 0 Å². The average molecular weight is 301 g/mol. The summed E-state index contributed by atoms with van der Waals surface area (Å²) in [5.41, 5.74) is 3.48. The number of hydrogen-bond acceptors (Lipinski definition) is 2. The van der Waals surface area contributed by atoms with Gasteiger partial charge in [0.25, 0.3) is 0 Å². The summed E-state index contributed by atoms with van der Waals surface area (Å²) in [6.07, 6.45) is 2.49. The molecule has 0 radical (unpaired) electrons. The molecule has 110 valence electrons. The van der Waals surface area contributed by atoms with Crippen molar-refractivity contribution in [1.82, 2.24) is 5.32 Å². The summed E-state index contributed by atoms with van der Waals surface area (Å²) in [5.74, 6) is -0.130. The lowest BCUT2D eigenvalue weighted by Crippen LogP contribution is -2.16. The van der Waals surface area contributed by atoms with Gasteiger partial charge >= 0.3 is 0 Å². The van der Waals surface area contributed by atoms with E-state index in [4.69, 9.17) is 0 Å². The van der Waals surface area contributed by atoms with Crippen molar-refractivity contribution >= 4 is 11.8 Å². The molecule has 1 nitrogen and oxygen atoms in total. The number of rotatable bonds is 5. The second-order valence-electron chi connectivity index (χ2n) is 5.75. The lowest BCUT2D eigenvalue weighted by atomic mass is 10.2. The Labute approximate surface area is 130 Å². The molecular formula is C18H20FNS. The molecule has 2 aromatic rings. The van der Waals surface area contributed by atoms with E-state index in [1.165, 1.54) is 35.7 Å². The summed E-state index contributed by atoms with van der Waals surface area (Å²) in [6, 6.07) is 12.3. The Bertz CT molecular complexity index is 650. The Balaban J connectivity index is 1.85. The first-order chi connectivity index (χ1) is 10.1. The van der Waals surface area contributed by atoms with Crippen molar-refractivity contribution in [2.75, 3.05) is 0 Å². The molecule has 0 bridgehead atoms. The van der Waals surface area contributed by atoms with Gasteiger partial charge < -0.3 is 5.32 Å². The van der Waals surface area contributed by atoms with Gasteiger partial charge in [-0.3, -0.25) is 0 Å². The van der Waals surface area contributed by atoms with E-state index < -0.39 is 0 Å². The van der Waals surface area contributed by atoms with E-state index in [9.17, 15) is 4.39 Å². The van der Waals surface area contributed by atoms with Gasteiger partial charge in [0.15, 0.2) is 0 Å². The molecule has 1 fully saturated rings. The maximum absolute atomic E-state index is 14.2. The number of benzene rings is 2. The van der Waals surface area contributed by atoms with Crippen LogP contribution in [0.2, 0.25) is 0 Å². The van der Waals surface area contributed by atoms with Crippen LogP contribution in [0.3, 0.4) is 0 Å². The van der Waals surface area contributed by atoms with Gasteiger partial charge in [-0.2, -0.15) is 0 Å². The van der Waals surface area contributed by atoms with Crippen LogP contribution in [0.15, 0.2) is 46.2 Å². The SMILES string of the molecule is Cc1ccc(Sc2c(F)cccc2CNC2CC2)c(C)c1. The van der Waals surface area contributed by atoms with Crippen molar-refractivity contribution in [2.45, 2.75) is 49.1 Å². The van der Waals surface area contributed by atoms with Crippen LogP contribution in [0.4, 0.5) is 4.39 Å². The minimum Gasteiger partial charge on any atom is -0.310 e. The standard InChI is InChI=1S/C18H20FNS/c1-12-6-9-17(13(2)10-12)21-18-14(4-3-5-16(18)19)11-20-15-7-8-15/h3-6,9-10,15,20H,7-8,11H2,1-2H3. The second-order valence-corrected chi connectivity index (χ2v) is 6.81. The van der Waals surface area contributed by atoms with Crippen LogP contribution < -0.4 is 5.32 Å². The van der Waals surface area contributed by atoms with Crippen LogP contribution in [0.25, 0.3) is 0 Å². The molecule has 0 aliphatic heterocycles. The van der Waals surface area contributed by atoms with E-state index in [-0.39, 0.29) is 5.82 Å². The highest BCUT2D eigenvalue weighted by atomic mass is 32.2. The molecule has 2 aromatic carbocycles. The highest BCUT2D eigenvalue weighted by molar-refractivity contribution is 7.99. The van der Waals surface area contributed by atoms with Crippen LogP contribution in [-0.2, 0) is 6.54 Å². The summed E-state index contributed by atoms with van der Waals surface area (Å²) < 4.78 is 14.2. The smallest absolute Gasteiger partial charge is 0.137 e. The fourth-order valence-electron chi connectivity index (χ4n) is 2.37. The lowest BCUT2D eigenvalue weighted by Gasteiger charge is -2.13. The molecular weight excluding hydrogens is 281 g/mol. The number of aryl methyl sites for hydroxylation is 2. The van der Waals surface area contributed by atoms with Crippen molar-refractivity contribution in [3.8, 4) is 0 Å². The Morgan fingerprint density at radius 1 is 1.19 bits per heavy atom. The molecule has 0 saturated heterocycles. The van der Waals surface area contributed by atoms with Crippen molar-refractivity contribution < 1.29 is 4.39 Å². The van der Waals surface area contributed by atoms with Gasteiger partial charge in [-0.1, -0.05) is 41.6 Å². The fourth-order valence-corrected chi connectivity index (χ4v) is 3.39. The third-order valence-corrected chi connectivity index (χ3v) is 5.09. The molecule has 0 spiro atoms. The average Bonchev–Trinajstić information content (AvgIpc) is 3.26. The van der Waals surface area contributed by atoms with Crippen molar-refractivity contribution in [3.05, 3.63) is 58.9 Å². The number of nitrogens with one attached hydrogen (secondary N) is 1. The zero-order chi connectivity index (χ0) is 14.8. The first-order valence-electron chi connectivity index (χ1n) is 7.39. The van der Waals surface area contributed by atoms with Gasteiger partial charge in [-0.25, -0.2) is 4.39 Å². The third-order valence-electron chi connectivity index (χ3n) is 3.75. The van der Waals surface area contributed by atoms with Crippen LogP contribution in [0, 0.1) is 19.7 Å². The molecule has 1 aliphatic carbocycles. The maximum Gasteiger partial charge on any atom is 0.137 e. The largest absolute Gasteiger partial charge is 0.310 e. The van der Waals surface area contributed by atoms with Gasteiger partial charge in [-0.15, -0.1) is 0 Å². The van der Waals surface area contributed by atoms with Crippen LogP contribution >= 0.6 is 11.8 Å². The molecule has 1 aliphatic rings. The zero-order valence-electron chi connectivity index (χ0n) is 12.4.